The van der Waals surface area contributed by atoms with Crippen molar-refractivity contribution in [3.8, 4) is 0 Å². The zero-order chi connectivity index (χ0) is 12.3. The second kappa shape index (κ2) is 5.25. The number of hydrogen-bond acceptors (Lipinski definition) is 5. The van der Waals surface area contributed by atoms with Crippen molar-refractivity contribution in [2.24, 2.45) is 5.73 Å². The van der Waals surface area contributed by atoms with Gasteiger partial charge < -0.3 is 21.7 Å². The van der Waals surface area contributed by atoms with Crippen LogP contribution in [-0.4, -0.2) is 27.8 Å². The van der Waals surface area contributed by atoms with Gasteiger partial charge in [-0.1, -0.05) is 0 Å². The molecule has 2 unspecified atom stereocenters. The molecule has 1 heterocycles. The van der Waals surface area contributed by atoms with Crippen LogP contribution >= 0.6 is 0 Å². The van der Waals surface area contributed by atoms with Gasteiger partial charge in [-0.05, 0) is 38.4 Å². The first-order valence-corrected chi connectivity index (χ1v) is 5.27. The van der Waals surface area contributed by atoms with E-state index in [-0.39, 0.29) is 0 Å². The van der Waals surface area contributed by atoms with Gasteiger partial charge in [0.2, 0.25) is 0 Å². The van der Waals surface area contributed by atoms with Crippen LogP contribution in [0.25, 0.3) is 0 Å². The van der Waals surface area contributed by atoms with Gasteiger partial charge in [0.15, 0.2) is 0 Å². The number of nitrogen functional groups attached to an aromatic ring is 1. The highest BCUT2D eigenvalue weighted by atomic mass is 16.3. The predicted molar refractivity (Wildman–Crippen MR) is 62.8 cm³/mol. The second-order valence-corrected chi connectivity index (χ2v) is 3.95. The Bertz CT molecular complexity index is 345. The van der Waals surface area contributed by atoms with E-state index in [0.717, 1.165) is 5.56 Å². The number of aliphatic hydroxyl groups excluding tert-OH is 2. The molecule has 0 aromatic carbocycles. The first kappa shape index (κ1) is 12.9. The number of pyridine rings is 1. The average molecular weight is 225 g/mol. The van der Waals surface area contributed by atoms with Crippen LogP contribution in [0.3, 0.4) is 0 Å². The summed E-state index contributed by atoms with van der Waals surface area (Å²) in [6.07, 6.45) is -1.48. The molecule has 90 valence electrons. The Labute approximate surface area is 95.1 Å². The highest BCUT2D eigenvalue weighted by Crippen LogP contribution is 2.25. The Balaban J connectivity index is 3.03. The molecule has 0 fully saturated rings. The molecule has 0 amide bonds. The topological polar surface area (TPSA) is 105 Å². The predicted octanol–water partition coefficient (Wildman–Crippen LogP) is 0.0237. The zero-order valence-corrected chi connectivity index (χ0v) is 9.64. The molecule has 16 heavy (non-hydrogen) atoms. The van der Waals surface area contributed by atoms with Crippen LogP contribution in [-0.2, 0) is 0 Å². The summed E-state index contributed by atoms with van der Waals surface area (Å²) >= 11 is 0. The third-order valence-corrected chi connectivity index (χ3v) is 2.60. The Morgan fingerprint density at radius 3 is 2.50 bits per heavy atom. The first-order chi connectivity index (χ1) is 7.47. The summed E-state index contributed by atoms with van der Waals surface area (Å²) in [5.41, 5.74) is 13.0. The third-order valence-electron chi connectivity index (χ3n) is 2.60. The number of anilines is 1. The largest absolute Gasteiger partial charge is 0.390 e. The summed E-state index contributed by atoms with van der Waals surface area (Å²) in [4.78, 5) is 4.07. The summed E-state index contributed by atoms with van der Waals surface area (Å²) in [7, 11) is 0. The maximum atomic E-state index is 9.99. The number of aromatic nitrogens is 1. The maximum absolute atomic E-state index is 9.99. The Kier molecular flexibility index (Phi) is 4.23. The molecule has 1 aromatic rings. The molecule has 0 spiro atoms. The lowest BCUT2D eigenvalue weighted by Crippen LogP contribution is -2.23. The molecule has 0 saturated heterocycles. The Morgan fingerprint density at radius 1 is 1.38 bits per heavy atom. The standard InChI is InChI=1S/C11H19N3O2/c1-6-5-9(13)14-7(2)10(6)11(16)8(15)3-4-12/h5,8,11,15-16H,3-4,12H2,1-2H3,(H2,13,14). The van der Waals surface area contributed by atoms with Gasteiger partial charge in [-0.3, -0.25) is 0 Å². The molecule has 0 bridgehead atoms. The monoisotopic (exact) mass is 225 g/mol. The van der Waals surface area contributed by atoms with Gasteiger partial charge in [-0.25, -0.2) is 4.98 Å². The normalized spacial score (nSPS) is 14.8. The number of aliphatic hydroxyl groups is 2. The molecular weight excluding hydrogens is 206 g/mol. The van der Waals surface area contributed by atoms with Gasteiger partial charge >= 0.3 is 0 Å². The van der Waals surface area contributed by atoms with Gasteiger partial charge in [0.1, 0.15) is 11.9 Å². The van der Waals surface area contributed by atoms with Crippen molar-refractivity contribution in [1.82, 2.24) is 4.98 Å². The highest BCUT2D eigenvalue weighted by Gasteiger charge is 2.22. The summed E-state index contributed by atoms with van der Waals surface area (Å²) in [5, 5.41) is 19.7. The molecule has 2 atom stereocenters. The number of nitrogens with zero attached hydrogens (tertiary/aromatic N) is 1. The van der Waals surface area contributed by atoms with Crippen molar-refractivity contribution in [3.05, 3.63) is 22.9 Å². The van der Waals surface area contributed by atoms with Gasteiger partial charge in [0.25, 0.3) is 0 Å². The molecule has 5 nitrogen and oxygen atoms in total. The van der Waals surface area contributed by atoms with Gasteiger partial charge in [0.05, 0.1) is 6.10 Å². The molecular formula is C11H19N3O2. The smallest absolute Gasteiger partial charge is 0.123 e. The van der Waals surface area contributed by atoms with Crippen molar-refractivity contribution in [1.29, 1.82) is 0 Å². The average Bonchev–Trinajstić information content (AvgIpc) is 2.16. The number of hydrogen-bond donors (Lipinski definition) is 4. The van der Waals surface area contributed by atoms with E-state index < -0.39 is 12.2 Å². The maximum Gasteiger partial charge on any atom is 0.123 e. The molecule has 0 radical (unpaired) electrons. The molecule has 1 aromatic heterocycles. The van der Waals surface area contributed by atoms with Crippen LogP contribution in [0.1, 0.15) is 29.3 Å². The molecule has 6 N–H and O–H groups in total. The van der Waals surface area contributed by atoms with Gasteiger partial charge in [-0.15, -0.1) is 0 Å². The SMILES string of the molecule is Cc1cc(N)nc(C)c1C(O)C(O)CCN. The van der Waals surface area contributed by atoms with E-state index >= 15 is 0 Å². The molecule has 5 heteroatoms. The number of rotatable bonds is 4. The van der Waals surface area contributed by atoms with Crippen molar-refractivity contribution in [2.75, 3.05) is 12.3 Å². The van der Waals surface area contributed by atoms with Crippen molar-refractivity contribution < 1.29 is 10.2 Å². The lowest BCUT2D eigenvalue weighted by atomic mass is 9.97. The minimum absolute atomic E-state index is 0.332. The minimum atomic E-state index is -0.961. The fourth-order valence-electron chi connectivity index (χ4n) is 1.84. The highest BCUT2D eigenvalue weighted by molar-refractivity contribution is 5.41. The van der Waals surface area contributed by atoms with Crippen molar-refractivity contribution in [2.45, 2.75) is 32.5 Å². The molecule has 0 aliphatic rings. The van der Waals surface area contributed by atoms with E-state index in [1.807, 2.05) is 6.92 Å². The summed E-state index contributed by atoms with van der Waals surface area (Å²) in [5.74, 6) is 0.416. The van der Waals surface area contributed by atoms with Gasteiger partial charge in [0, 0.05) is 11.3 Å². The minimum Gasteiger partial charge on any atom is -0.390 e. The number of nitrogens with two attached hydrogens (primary N) is 2. The summed E-state index contributed by atoms with van der Waals surface area (Å²) in [6, 6.07) is 1.68. The first-order valence-electron chi connectivity index (χ1n) is 5.27. The third kappa shape index (κ3) is 2.69. The summed E-state index contributed by atoms with van der Waals surface area (Å²) < 4.78 is 0. The van der Waals surface area contributed by atoms with E-state index in [4.69, 9.17) is 11.5 Å². The van der Waals surface area contributed by atoms with E-state index in [9.17, 15) is 10.2 Å². The van der Waals surface area contributed by atoms with E-state index in [1.165, 1.54) is 0 Å². The van der Waals surface area contributed by atoms with Crippen LogP contribution in [0.4, 0.5) is 5.82 Å². The molecule has 0 aliphatic heterocycles. The quantitative estimate of drug-likeness (QED) is 0.578. The Hall–Kier alpha value is -1.17. The lowest BCUT2D eigenvalue weighted by molar-refractivity contribution is 0.0141. The van der Waals surface area contributed by atoms with E-state index in [0.29, 0.717) is 30.0 Å². The summed E-state index contributed by atoms with van der Waals surface area (Å²) in [6.45, 7) is 3.93. The van der Waals surface area contributed by atoms with Crippen LogP contribution in [0.15, 0.2) is 6.07 Å². The van der Waals surface area contributed by atoms with Crippen molar-refractivity contribution >= 4 is 5.82 Å². The van der Waals surface area contributed by atoms with Crippen LogP contribution in [0, 0.1) is 13.8 Å². The molecule has 1 rings (SSSR count). The van der Waals surface area contributed by atoms with Crippen LogP contribution in [0.2, 0.25) is 0 Å². The second-order valence-electron chi connectivity index (χ2n) is 3.95. The van der Waals surface area contributed by atoms with E-state index in [1.54, 1.807) is 13.0 Å². The van der Waals surface area contributed by atoms with Crippen molar-refractivity contribution in [3.63, 3.8) is 0 Å². The lowest BCUT2D eigenvalue weighted by Gasteiger charge is -2.21. The van der Waals surface area contributed by atoms with Gasteiger partial charge in [-0.2, -0.15) is 0 Å². The van der Waals surface area contributed by atoms with E-state index in [2.05, 4.69) is 4.98 Å². The fraction of sp³-hybridized carbons (Fsp3) is 0.545. The van der Waals surface area contributed by atoms with Crippen LogP contribution in [0.5, 0.6) is 0 Å². The molecule has 0 saturated carbocycles. The molecule has 0 aliphatic carbocycles. The zero-order valence-electron chi connectivity index (χ0n) is 9.64. The fourth-order valence-corrected chi connectivity index (χ4v) is 1.84. The van der Waals surface area contributed by atoms with Crippen LogP contribution < -0.4 is 11.5 Å². The Morgan fingerprint density at radius 2 is 2.00 bits per heavy atom. The number of aryl methyl sites for hydroxylation is 2.